The number of hydrogen-bond acceptors (Lipinski definition) is 7. The fourth-order valence-electron chi connectivity index (χ4n) is 4.59. The number of nitriles is 1. The lowest BCUT2D eigenvalue weighted by molar-refractivity contribution is -0.141. The fraction of sp³-hybridized carbons (Fsp3) is 0.250. The Kier molecular flexibility index (Phi) is 6.13. The number of anilines is 2. The molecule has 5 rings (SSSR count). The van der Waals surface area contributed by atoms with Crippen molar-refractivity contribution in [2.75, 3.05) is 11.9 Å². The molecule has 8 nitrogen and oxygen atoms in total. The third-order valence-corrected chi connectivity index (χ3v) is 8.14. The average molecular weight is 511 g/mol. The summed E-state index contributed by atoms with van der Waals surface area (Å²) < 4.78 is 1.96. The monoisotopic (exact) mass is 510 g/mol. The van der Waals surface area contributed by atoms with Crippen molar-refractivity contribution in [3.8, 4) is 11.1 Å². The van der Waals surface area contributed by atoms with E-state index in [9.17, 15) is 15.2 Å². The molecule has 0 fully saturated rings. The Morgan fingerprint density at radius 3 is 2.54 bits per heavy atom. The lowest BCUT2D eigenvalue weighted by Gasteiger charge is -2.20. The summed E-state index contributed by atoms with van der Waals surface area (Å²) in [7, 11) is 1.96. The fourth-order valence-corrected chi connectivity index (χ4v) is 5.81. The SMILES string of the molecule is Cc1sc2c(c1C)C(c1ccc(N(C)c3cccc(C#N)c3)cc1)=N[C@@H](C(C)C(=O)O)c1nnc(C)n1-2. The molecule has 0 radical (unpaired) electrons. The van der Waals surface area contributed by atoms with E-state index in [0.29, 0.717) is 17.2 Å². The maximum atomic E-state index is 12.1. The second-order valence-corrected chi connectivity index (χ2v) is 10.4. The van der Waals surface area contributed by atoms with Crippen LogP contribution in [0.15, 0.2) is 53.5 Å². The summed E-state index contributed by atoms with van der Waals surface area (Å²) in [6.45, 7) is 7.69. The van der Waals surface area contributed by atoms with Crippen molar-refractivity contribution in [2.24, 2.45) is 10.9 Å². The molecule has 1 aliphatic heterocycles. The summed E-state index contributed by atoms with van der Waals surface area (Å²) in [6.07, 6.45) is 0. The van der Waals surface area contributed by atoms with Gasteiger partial charge in [-0.1, -0.05) is 18.2 Å². The summed E-state index contributed by atoms with van der Waals surface area (Å²) in [5.41, 5.74) is 6.20. The summed E-state index contributed by atoms with van der Waals surface area (Å²) in [6, 6.07) is 17.0. The van der Waals surface area contributed by atoms with Gasteiger partial charge in [0, 0.05) is 34.4 Å². The van der Waals surface area contributed by atoms with Crippen molar-refractivity contribution >= 4 is 34.4 Å². The van der Waals surface area contributed by atoms with Gasteiger partial charge in [-0.2, -0.15) is 5.26 Å². The number of nitrogens with zero attached hydrogens (tertiary/aromatic N) is 6. The van der Waals surface area contributed by atoms with Crippen molar-refractivity contribution < 1.29 is 9.90 Å². The molecule has 3 heterocycles. The molecule has 37 heavy (non-hydrogen) atoms. The number of aryl methyl sites for hydroxylation is 2. The van der Waals surface area contributed by atoms with Gasteiger partial charge in [0.1, 0.15) is 16.9 Å². The zero-order chi connectivity index (χ0) is 26.4. The van der Waals surface area contributed by atoms with Crippen LogP contribution in [0.5, 0.6) is 0 Å². The second kappa shape index (κ2) is 9.30. The van der Waals surface area contributed by atoms with E-state index in [1.54, 1.807) is 24.3 Å². The molecule has 1 aliphatic rings. The number of fused-ring (bicyclic) bond motifs is 3. The lowest BCUT2D eigenvalue weighted by atomic mass is 9.98. The molecule has 0 bridgehead atoms. The molecule has 0 amide bonds. The summed E-state index contributed by atoms with van der Waals surface area (Å²) >= 11 is 1.64. The van der Waals surface area contributed by atoms with Gasteiger partial charge in [0.05, 0.1) is 23.3 Å². The average Bonchev–Trinajstić information content (AvgIpc) is 3.37. The largest absolute Gasteiger partial charge is 0.481 e. The number of rotatable bonds is 5. The normalized spacial score (nSPS) is 15.1. The van der Waals surface area contributed by atoms with Crippen LogP contribution in [-0.2, 0) is 4.79 Å². The molecule has 0 saturated carbocycles. The predicted molar refractivity (Wildman–Crippen MR) is 144 cm³/mol. The third-order valence-electron chi connectivity index (χ3n) is 6.94. The van der Waals surface area contributed by atoms with Gasteiger partial charge in [0.2, 0.25) is 0 Å². The highest BCUT2D eigenvalue weighted by Gasteiger charge is 2.36. The van der Waals surface area contributed by atoms with Crippen LogP contribution in [0.3, 0.4) is 0 Å². The van der Waals surface area contributed by atoms with E-state index >= 15 is 0 Å². The first-order valence-electron chi connectivity index (χ1n) is 11.9. The van der Waals surface area contributed by atoms with Crippen LogP contribution in [0.25, 0.3) is 5.00 Å². The molecule has 0 aliphatic carbocycles. The standard InChI is InChI=1S/C28H26N6O2S/c1-15-17(3)37-27-23(15)25(30-24(16(2)28(35)36)26-32-31-18(4)34(26)27)20-9-11-21(12-10-20)33(5)22-8-6-7-19(13-22)14-29/h6-13,16,24H,1-5H3,(H,35,36)/t16?,24-/m0/s1. The van der Waals surface area contributed by atoms with Gasteiger partial charge in [-0.15, -0.1) is 21.5 Å². The molecule has 9 heteroatoms. The van der Waals surface area contributed by atoms with E-state index in [0.717, 1.165) is 43.7 Å². The zero-order valence-electron chi connectivity index (χ0n) is 21.2. The van der Waals surface area contributed by atoms with Crippen molar-refractivity contribution in [3.05, 3.63) is 87.3 Å². The highest BCUT2D eigenvalue weighted by atomic mass is 32.1. The Hall–Kier alpha value is -4.29. The van der Waals surface area contributed by atoms with Crippen LogP contribution in [0, 0.1) is 38.0 Å². The van der Waals surface area contributed by atoms with Crippen LogP contribution >= 0.6 is 11.3 Å². The van der Waals surface area contributed by atoms with Gasteiger partial charge < -0.3 is 10.0 Å². The summed E-state index contributed by atoms with van der Waals surface area (Å²) in [5, 5.41) is 28.7. The van der Waals surface area contributed by atoms with Crippen LogP contribution < -0.4 is 4.90 Å². The van der Waals surface area contributed by atoms with Crippen LogP contribution in [0.4, 0.5) is 11.4 Å². The molecule has 1 N–H and O–H groups in total. The topological polar surface area (TPSA) is 107 Å². The molecule has 2 atom stereocenters. The summed E-state index contributed by atoms with van der Waals surface area (Å²) in [5.74, 6) is -0.479. The first-order chi connectivity index (χ1) is 17.7. The number of hydrogen-bond donors (Lipinski definition) is 1. The van der Waals surface area contributed by atoms with Gasteiger partial charge in [-0.05, 0) is 63.6 Å². The van der Waals surface area contributed by atoms with Gasteiger partial charge in [0.25, 0.3) is 0 Å². The van der Waals surface area contributed by atoms with E-state index in [-0.39, 0.29) is 0 Å². The molecule has 2 aromatic carbocycles. The van der Waals surface area contributed by atoms with Gasteiger partial charge in [-0.25, -0.2) is 0 Å². The number of carbonyl (C=O) groups is 1. The molecule has 186 valence electrons. The van der Waals surface area contributed by atoms with E-state index in [1.165, 1.54) is 0 Å². The number of carboxylic acids is 1. The number of thiophene rings is 1. The molecular weight excluding hydrogens is 484 g/mol. The van der Waals surface area contributed by atoms with Crippen molar-refractivity contribution in [3.63, 3.8) is 0 Å². The maximum absolute atomic E-state index is 12.1. The molecule has 4 aromatic rings. The Morgan fingerprint density at radius 1 is 1.14 bits per heavy atom. The lowest BCUT2D eigenvalue weighted by Crippen LogP contribution is -2.21. The molecule has 0 saturated heterocycles. The molecular formula is C28H26N6O2S. The van der Waals surface area contributed by atoms with Crippen LogP contribution in [0.1, 0.15) is 51.7 Å². The minimum atomic E-state index is -0.935. The molecule has 2 aromatic heterocycles. The van der Waals surface area contributed by atoms with Crippen molar-refractivity contribution in [1.82, 2.24) is 14.8 Å². The van der Waals surface area contributed by atoms with Crippen LogP contribution in [-0.4, -0.2) is 38.6 Å². The Bertz CT molecular complexity index is 1590. The van der Waals surface area contributed by atoms with Gasteiger partial charge in [-0.3, -0.25) is 14.4 Å². The first-order valence-corrected chi connectivity index (χ1v) is 12.7. The molecule has 0 spiro atoms. The van der Waals surface area contributed by atoms with E-state index < -0.39 is 17.9 Å². The third kappa shape index (κ3) is 4.09. The first kappa shape index (κ1) is 24.4. The number of benzene rings is 2. The maximum Gasteiger partial charge on any atom is 0.308 e. The number of carboxylic acid groups (broad SMARTS) is 1. The van der Waals surface area contributed by atoms with E-state index in [1.807, 2.05) is 65.9 Å². The molecule has 1 unspecified atom stereocenters. The minimum absolute atomic E-state index is 0.540. The van der Waals surface area contributed by atoms with E-state index in [4.69, 9.17) is 4.99 Å². The van der Waals surface area contributed by atoms with Gasteiger partial charge >= 0.3 is 5.97 Å². The Labute approximate surface area is 219 Å². The quantitative estimate of drug-likeness (QED) is 0.380. The summed E-state index contributed by atoms with van der Waals surface area (Å²) in [4.78, 5) is 20.3. The smallest absolute Gasteiger partial charge is 0.308 e. The van der Waals surface area contributed by atoms with Crippen molar-refractivity contribution in [2.45, 2.75) is 33.7 Å². The Balaban J connectivity index is 1.64. The number of aliphatic carboxylic acids is 1. The van der Waals surface area contributed by atoms with Gasteiger partial charge in [0.15, 0.2) is 5.82 Å². The predicted octanol–water partition coefficient (Wildman–Crippen LogP) is 5.51. The highest BCUT2D eigenvalue weighted by Crippen LogP contribution is 2.40. The van der Waals surface area contributed by atoms with Crippen LogP contribution in [0.2, 0.25) is 0 Å². The number of aromatic nitrogens is 3. The van der Waals surface area contributed by atoms with Crippen molar-refractivity contribution in [1.29, 1.82) is 5.26 Å². The second-order valence-electron chi connectivity index (χ2n) is 9.22. The zero-order valence-corrected chi connectivity index (χ0v) is 22.0. The minimum Gasteiger partial charge on any atom is -0.481 e. The van der Waals surface area contributed by atoms with E-state index in [2.05, 4.69) is 30.1 Å². The highest BCUT2D eigenvalue weighted by molar-refractivity contribution is 7.15. The number of aliphatic imine (C=N–C) groups is 1. The Morgan fingerprint density at radius 2 is 1.86 bits per heavy atom.